The average molecular weight is 494 g/mol. The number of nitrogens with one attached hydrogen (secondary N) is 1. The van der Waals surface area contributed by atoms with Gasteiger partial charge in [0.2, 0.25) is 21.8 Å². The summed E-state index contributed by atoms with van der Waals surface area (Å²) in [7, 11) is -0.670. The Kier molecular flexibility index (Phi) is 9.85. The lowest BCUT2D eigenvalue weighted by Crippen LogP contribution is -2.48. The van der Waals surface area contributed by atoms with Crippen LogP contribution in [0, 0.1) is 5.82 Å². The van der Waals surface area contributed by atoms with Crippen LogP contribution < -0.4 is 14.4 Å². The topological polar surface area (TPSA) is 96.0 Å². The van der Waals surface area contributed by atoms with E-state index < -0.39 is 21.9 Å². The highest BCUT2D eigenvalue weighted by molar-refractivity contribution is 7.92. The van der Waals surface area contributed by atoms with Crippen LogP contribution in [0.2, 0.25) is 0 Å². The normalized spacial score (nSPS) is 12.0. The van der Waals surface area contributed by atoms with Gasteiger partial charge < -0.3 is 15.0 Å². The summed E-state index contributed by atoms with van der Waals surface area (Å²) in [5, 5.41) is 2.58. The maximum atomic E-state index is 13.3. The summed E-state index contributed by atoms with van der Waals surface area (Å²) >= 11 is 0. The smallest absolute Gasteiger partial charge is 0.242 e. The van der Waals surface area contributed by atoms with Gasteiger partial charge in [0.1, 0.15) is 17.6 Å². The van der Waals surface area contributed by atoms with E-state index in [9.17, 15) is 22.4 Å². The molecule has 34 heavy (non-hydrogen) atoms. The number of carbonyl (C=O) groups is 2. The molecule has 0 bridgehead atoms. The van der Waals surface area contributed by atoms with Gasteiger partial charge in [-0.05, 0) is 42.7 Å². The van der Waals surface area contributed by atoms with E-state index in [0.29, 0.717) is 23.4 Å². The molecular weight excluding hydrogens is 461 g/mol. The first-order chi connectivity index (χ1) is 16.1. The third-order valence-electron chi connectivity index (χ3n) is 5.40. The fraction of sp³-hybridized carbons (Fsp3) is 0.417. The van der Waals surface area contributed by atoms with E-state index in [-0.39, 0.29) is 37.7 Å². The minimum absolute atomic E-state index is 0.0237. The maximum absolute atomic E-state index is 13.3. The number of likely N-dealkylation sites (N-methyl/N-ethyl adjacent to an activating group) is 1. The number of nitrogens with zero attached hydrogens (tertiary/aromatic N) is 2. The molecule has 0 saturated carbocycles. The van der Waals surface area contributed by atoms with Gasteiger partial charge in [-0.25, -0.2) is 12.8 Å². The summed E-state index contributed by atoms with van der Waals surface area (Å²) in [5.74, 6) is -0.585. The van der Waals surface area contributed by atoms with Gasteiger partial charge >= 0.3 is 0 Å². The number of anilines is 1. The summed E-state index contributed by atoms with van der Waals surface area (Å²) in [6.45, 7) is 2.00. The zero-order chi connectivity index (χ0) is 25.3. The van der Waals surface area contributed by atoms with Crippen LogP contribution in [0.1, 0.15) is 31.7 Å². The molecular formula is C24H32FN3O5S. The van der Waals surface area contributed by atoms with Gasteiger partial charge in [0, 0.05) is 26.6 Å². The third-order valence-corrected chi connectivity index (χ3v) is 6.58. The molecule has 2 aromatic carbocycles. The van der Waals surface area contributed by atoms with Crippen molar-refractivity contribution in [2.75, 3.05) is 31.3 Å². The zero-order valence-electron chi connectivity index (χ0n) is 20.0. The van der Waals surface area contributed by atoms with Crippen LogP contribution in [0.4, 0.5) is 10.1 Å². The van der Waals surface area contributed by atoms with Gasteiger partial charge in [-0.3, -0.25) is 13.9 Å². The predicted molar refractivity (Wildman–Crippen MR) is 130 cm³/mol. The quantitative estimate of drug-likeness (QED) is 0.491. The molecule has 0 aliphatic rings. The standard InChI is InChI=1S/C24H32FN3O5S/c1-5-20(24(30)26-2)27(17-18-12-14-19(25)15-13-18)23(29)11-8-16-28(34(4,31)32)21-9-6-7-10-22(21)33-3/h6-7,9-10,12-15,20H,5,8,11,16-17H2,1-4H3,(H,26,30). The maximum Gasteiger partial charge on any atom is 0.242 e. The molecule has 1 atom stereocenters. The SMILES string of the molecule is CCC(C(=O)NC)N(Cc1ccc(F)cc1)C(=O)CCCN(c1ccccc1OC)S(C)(=O)=O. The number of ether oxygens (including phenoxy) is 1. The molecule has 186 valence electrons. The van der Waals surface area contributed by atoms with Gasteiger partial charge in [0.25, 0.3) is 0 Å². The molecule has 1 unspecified atom stereocenters. The number of amides is 2. The Morgan fingerprint density at radius 3 is 2.32 bits per heavy atom. The molecule has 0 aliphatic heterocycles. The lowest BCUT2D eigenvalue weighted by atomic mass is 10.1. The number of carbonyl (C=O) groups excluding carboxylic acids is 2. The minimum Gasteiger partial charge on any atom is -0.495 e. The zero-order valence-corrected chi connectivity index (χ0v) is 20.8. The van der Waals surface area contributed by atoms with Gasteiger partial charge in [-0.1, -0.05) is 31.2 Å². The van der Waals surface area contributed by atoms with Crippen molar-refractivity contribution in [3.8, 4) is 5.75 Å². The summed E-state index contributed by atoms with van der Waals surface area (Å²) < 4.78 is 44.7. The van der Waals surface area contributed by atoms with Crippen LogP contribution in [-0.2, 0) is 26.2 Å². The molecule has 0 heterocycles. The average Bonchev–Trinajstić information content (AvgIpc) is 2.81. The van der Waals surface area contributed by atoms with Crippen molar-refractivity contribution in [2.24, 2.45) is 0 Å². The van der Waals surface area contributed by atoms with E-state index in [1.807, 2.05) is 0 Å². The molecule has 2 aromatic rings. The number of methoxy groups -OCH3 is 1. The van der Waals surface area contributed by atoms with Crippen LogP contribution in [0.25, 0.3) is 0 Å². The van der Waals surface area contributed by atoms with Crippen molar-refractivity contribution in [1.82, 2.24) is 10.2 Å². The van der Waals surface area contributed by atoms with Crippen LogP contribution in [0.5, 0.6) is 5.75 Å². The lowest BCUT2D eigenvalue weighted by molar-refractivity contribution is -0.141. The summed E-state index contributed by atoms with van der Waals surface area (Å²) in [5.41, 5.74) is 1.07. The Morgan fingerprint density at radius 1 is 1.12 bits per heavy atom. The van der Waals surface area contributed by atoms with Crippen LogP contribution in [-0.4, -0.2) is 58.1 Å². The number of para-hydroxylation sites is 2. The third kappa shape index (κ3) is 7.18. The molecule has 0 aliphatic carbocycles. The van der Waals surface area contributed by atoms with Gasteiger partial charge in [-0.15, -0.1) is 0 Å². The number of halogens is 1. The lowest BCUT2D eigenvalue weighted by Gasteiger charge is -2.31. The van der Waals surface area contributed by atoms with Crippen LogP contribution in [0.15, 0.2) is 48.5 Å². The largest absolute Gasteiger partial charge is 0.495 e. The number of hydrogen-bond donors (Lipinski definition) is 1. The summed E-state index contributed by atoms with van der Waals surface area (Å²) in [6.07, 6.45) is 1.74. The number of rotatable bonds is 12. The summed E-state index contributed by atoms with van der Waals surface area (Å²) in [4.78, 5) is 27.1. The first kappa shape index (κ1) is 27.1. The monoisotopic (exact) mass is 493 g/mol. The molecule has 0 aromatic heterocycles. The molecule has 2 rings (SSSR count). The van der Waals surface area contributed by atoms with Crippen molar-refractivity contribution in [3.63, 3.8) is 0 Å². The first-order valence-electron chi connectivity index (χ1n) is 11.0. The first-order valence-corrected chi connectivity index (χ1v) is 12.8. The number of sulfonamides is 1. The van der Waals surface area contributed by atoms with Crippen molar-refractivity contribution in [3.05, 3.63) is 59.9 Å². The van der Waals surface area contributed by atoms with E-state index in [1.165, 1.54) is 35.5 Å². The minimum atomic E-state index is -3.63. The fourth-order valence-electron chi connectivity index (χ4n) is 3.69. The van der Waals surface area contributed by atoms with Gasteiger partial charge in [-0.2, -0.15) is 0 Å². The predicted octanol–water partition coefficient (Wildman–Crippen LogP) is 2.93. The van der Waals surface area contributed by atoms with Crippen molar-refractivity contribution in [2.45, 2.75) is 38.8 Å². The van der Waals surface area contributed by atoms with E-state index in [2.05, 4.69) is 5.32 Å². The second-order valence-corrected chi connectivity index (χ2v) is 9.70. The Morgan fingerprint density at radius 2 is 1.76 bits per heavy atom. The van der Waals surface area contributed by atoms with Crippen molar-refractivity contribution < 1.29 is 27.1 Å². The van der Waals surface area contributed by atoms with Crippen molar-refractivity contribution >= 4 is 27.5 Å². The van der Waals surface area contributed by atoms with E-state index >= 15 is 0 Å². The van der Waals surface area contributed by atoms with Crippen LogP contribution in [0.3, 0.4) is 0 Å². The Labute approximate surface area is 200 Å². The molecule has 10 heteroatoms. The molecule has 0 spiro atoms. The van der Waals surface area contributed by atoms with Gasteiger partial charge in [0.05, 0.1) is 19.1 Å². The number of benzene rings is 2. The second kappa shape index (κ2) is 12.4. The van der Waals surface area contributed by atoms with Crippen molar-refractivity contribution in [1.29, 1.82) is 0 Å². The van der Waals surface area contributed by atoms with E-state index in [1.54, 1.807) is 43.3 Å². The molecule has 2 amide bonds. The fourth-order valence-corrected chi connectivity index (χ4v) is 4.66. The second-order valence-electron chi connectivity index (χ2n) is 7.80. The molecule has 0 fully saturated rings. The molecule has 1 N–H and O–H groups in total. The highest BCUT2D eigenvalue weighted by Crippen LogP contribution is 2.29. The molecule has 0 radical (unpaired) electrons. The molecule has 0 saturated heterocycles. The highest BCUT2D eigenvalue weighted by atomic mass is 32.2. The Bertz CT molecular complexity index is 1080. The molecule has 8 nitrogen and oxygen atoms in total. The number of hydrogen-bond acceptors (Lipinski definition) is 5. The Hall–Kier alpha value is -3.14. The van der Waals surface area contributed by atoms with Gasteiger partial charge in [0.15, 0.2) is 0 Å². The van der Waals surface area contributed by atoms with E-state index in [0.717, 1.165) is 6.26 Å². The van der Waals surface area contributed by atoms with Crippen LogP contribution >= 0.6 is 0 Å². The Balaban J connectivity index is 2.21. The summed E-state index contributed by atoms with van der Waals surface area (Å²) in [6, 6.07) is 11.8. The highest BCUT2D eigenvalue weighted by Gasteiger charge is 2.28. The van der Waals surface area contributed by atoms with E-state index in [4.69, 9.17) is 4.74 Å².